The van der Waals surface area contributed by atoms with Crippen molar-refractivity contribution >= 4 is 17.7 Å². The van der Waals surface area contributed by atoms with E-state index in [4.69, 9.17) is 0 Å². The monoisotopic (exact) mass is 145 g/mol. The number of carbonyl (C=O) groups is 1. The lowest BCUT2D eigenvalue weighted by Crippen LogP contribution is -2.44. The normalized spacial score (nSPS) is 25.3. The van der Waals surface area contributed by atoms with Crippen LogP contribution in [0, 0.1) is 0 Å². The summed E-state index contributed by atoms with van der Waals surface area (Å²) in [7, 11) is 0. The third-order valence-electron chi connectivity index (χ3n) is 1.23. The van der Waals surface area contributed by atoms with Crippen molar-refractivity contribution in [3.8, 4) is 0 Å². The van der Waals surface area contributed by atoms with Gasteiger partial charge in [0.1, 0.15) is 0 Å². The Hall–Kier alpha value is -0.180. The molecule has 1 saturated heterocycles. The fraction of sp³-hybridized carbons (Fsp3) is 0.833. The number of hydrogen-bond acceptors (Lipinski definition) is 2. The molecule has 2 nitrogen and oxygen atoms in total. The van der Waals surface area contributed by atoms with Crippen LogP contribution >= 0.6 is 11.8 Å². The van der Waals surface area contributed by atoms with Crippen molar-refractivity contribution in [3.63, 3.8) is 0 Å². The second-order valence-corrected chi connectivity index (χ2v) is 4.37. The van der Waals surface area contributed by atoms with Crippen LogP contribution in [0.4, 0.5) is 0 Å². The van der Waals surface area contributed by atoms with Crippen LogP contribution in [-0.2, 0) is 4.79 Å². The molecule has 0 bridgehead atoms. The van der Waals surface area contributed by atoms with Crippen molar-refractivity contribution in [1.82, 2.24) is 5.32 Å². The van der Waals surface area contributed by atoms with Crippen LogP contribution in [0.1, 0.15) is 20.3 Å². The quantitative estimate of drug-likeness (QED) is 0.550. The Labute approximate surface area is 59.4 Å². The number of nitrogens with one attached hydrogen (secondary N) is 1. The van der Waals surface area contributed by atoms with E-state index in [0.29, 0.717) is 6.42 Å². The SMILES string of the molecule is CC1(C)NC(=O)CCS1. The highest BCUT2D eigenvalue weighted by atomic mass is 32.2. The van der Waals surface area contributed by atoms with Gasteiger partial charge in [0.25, 0.3) is 0 Å². The summed E-state index contributed by atoms with van der Waals surface area (Å²) in [5, 5.41) is 2.88. The molecular weight excluding hydrogens is 134 g/mol. The van der Waals surface area contributed by atoms with Crippen molar-refractivity contribution in [2.24, 2.45) is 0 Å². The zero-order chi connectivity index (χ0) is 6.91. The van der Waals surface area contributed by atoms with Gasteiger partial charge in [-0.25, -0.2) is 0 Å². The Kier molecular flexibility index (Phi) is 1.70. The molecule has 1 fully saturated rings. The first-order valence-corrected chi connectivity index (χ1v) is 4.04. The lowest BCUT2D eigenvalue weighted by molar-refractivity contribution is -0.121. The molecule has 0 saturated carbocycles. The first-order valence-electron chi connectivity index (χ1n) is 3.05. The van der Waals surface area contributed by atoms with Crippen molar-refractivity contribution in [2.45, 2.75) is 25.1 Å². The topological polar surface area (TPSA) is 29.1 Å². The minimum absolute atomic E-state index is 0.0324. The smallest absolute Gasteiger partial charge is 0.221 e. The van der Waals surface area contributed by atoms with Crippen LogP contribution in [0.15, 0.2) is 0 Å². The van der Waals surface area contributed by atoms with E-state index in [2.05, 4.69) is 5.32 Å². The Morgan fingerprint density at radius 1 is 1.67 bits per heavy atom. The fourth-order valence-electron chi connectivity index (χ4n) is 0.833. The lowest BCUT2D eigenvalue weighted by atomic mass is 10.3. The minimum Gasteiger partial charge on any atom is -0.342 e. The first-order chi connectivity index (χ1) is 4.10. The van der Waals surface area contributed by atoms with E-state index in [9.17, 15) is 4.79 Å². The average Bonchev–Trinajstić information content (AvgIpc) is 1.60. The highest BCUT2D eigenvalue weighted by Crippen LogP contribution is 2.25. The highest BCUT2D eigenvalue weighted by Gasteiger charge is 2.24. The number of hydrogen-bond donors (Lipinski definition) is 1. The summed E-state index contributed by atoms with van der Waals surface area (Å²) < 4.78 is 0. The predicted molar refractivity (Wildman–Crippen MR) is 39.3 cm³/mol. The Balaban J connectivity index is 2.51. The second kappa shape index (κ2) is 2.21. The molecule has 0 aliphatic carbocycles. The molecule has 0 radical (unpaired) electrons. The van der Waals surface area contributed by atoms with E-state index < -0.39 is 0 Å². The van der Waals surface area contributed by atoms with Gasteiger partial charge in [-0.1, -0.05) is 0 Å². The van der Waals surface area contributed by atoms with Crippen molar-refractivity contribution in [3.05, 3.63) is 0 Å². The van der Waals surface area contributed by atoms with Crippen LogP contribution in [-0.4, -0.2) is 16.5 Å². The number of amides is 1. The molecule has 52 valence electrons. The molecule has 1 aliphatic rings. The van der Waals surface area contributed by atoms with Gasteiger partial charge in [0.2, 0.25) is 5.91 Å². The van der Waals surface area contributed by atoms with Crippen LogP contribution in [0.3, 0.4) is 0 Å². The second-order valence-electron chi connectivity index (χ2n) is 2.66. The van der Waals surface area contributed by atoms with E-state index in [-0.39, 0.29) is 10.8 Å². The minimum atomic E-state index is -0.0324. The van der Waals surface area contributed by atoms with Gasteiger partial charge in [-0.15, -0.1) is 11.8 Å². The van der Waals surface area contributed by atoms with Crippen molar-refractivity contribution in [1.29, 1.82) is 0 Å². The fourth-order valence-corrected chi connectivity index (χ4v) is 1.82. The summed E-state index contributed by atoms with van der Waals surface area (Å²) in [6, 6.07) is 0. The van der Waals surface area contributed by atoms with Crippen LogP contribution < -0.4 is 5.32 Å². The van der Waals surface area contributed by atoms with Crippen molar-refractivity contribution < 1.29 is 4.79 Å². The Morgan fingerprint density at radius 3 is 2.67 bits per heavy atom. The lowest BCUT2D eigenvalue weighted by Gasteiger charge is -2.29. The zero-order valence-electron chi connectivity index (χ0n) is 5.73. The summed E-state index contributed by atoms with van der Waals surface area (Å²) in [4.78, 5) is 10.7. The summed E-state index contributed by atoms with van der Waals surface area (Å²) >= 11 is 1.79. The summed E-state index contributed by atoms with van der Waals surface area (Å²) in [6.45, 7) is 4.05. The third kappa shape index (κ3) is 1.90. The van der Waals surface area contributed by atoms with E-state index >= 15 is 0 Å². The number of thioether (sulfide) groups is 1. The van der Waals surface area contributed by atoms with Gasteiger partial charge in [-0.05, 0) is 13.8 Å². The van der Waals surface area contributed by atoms with Crippen LogP contribution in [0.25, 0.3) is 0 Å². The zero-order valence-corrected chi connectivity index (χ0v) is 6.55. The van der Waals surface area contributed by atoms with E-state index in [0.717, 1.165) is 5.75 Å². The Morgan fingerprint density at radius 2 is 2.33 bits per heavy atom. The average molecular weight is 145 g/mol. The molecule has 0 spiro atoms. The summed E-state index contributed by atoms with van der Waals surface area (Å²) in [5.41, 5.74) is 0. The molecule has 0 unspecified atom stereocenters. The van der Waals surface area contributed by atoms with Crippen molar-refractivity contribution in [2.75, 3.05) is 5.75 Å². The molecule has 0 aromatic carbocycles. The van der Waals surface area contributed by atoms with E-state index in [1.807, 2.05) is 13.8 Å². The molecule has 1 heterocycles. The maximum absolute atomic E-state index is 10.8. The molecule has 3 heteroatoms. The number of rotatable bonds is 0. The summed E-state index contributed by atoms with van der Waals surface area (Å²) in [5.74, 6) is 1.14. The molecule has 1 N–H and O–H groups in total. The molecular formula is C6H11NOS. The van der Waals surface area contributed by atoms with Crippen LogP contribution in [0.5, 0.6) is 0 Å². The van der Waals surface area contributed by atoms with Gasteiger partial charge in [0.15, 0.2) is 0 Å². The van der Waals surface area contributed by atoms with Gasteiger partial charge in [-0.3, -0.25) is 4.79 Å². The number of carbonyl (C=O) groups excluding carboxylic acids is 1. The van der Waals surface area contributed by atoms with Gasteiger partial charge >= 0.3 is 0 Å². The molecule has 1 rings (SSSR count). The highest BCUT2D eigenvalue weighted by molar-refractivity contribution is 8.00. The Bertz CT molecular complexity index is 133. The van der Waals surface area contributed by atoms with Gasteiger partial charge < -0.3 is 5.32 Å². The molecule has 0 aromatic heterocycles. The maximum atomic E-state index is 10.8. The standard InChI is InChI=1S/C6H11NOS/c1-6(2)7-5(8)3-4-9-6/h3-4H2,1-2H3,(H,7,8). The molecule has 0 atom stereocenters. The van der Waals surface area contributed by atoms with E-state index in [1.165, 1.54) is 0 Å². The molecule has 1 aliphatic heterocycles. The third-order valence-corrected chi connectivity index (χ3v) is 2.46. The largest absolute Gasteiger partial charge is 0.342 e. The first kappa shape index (κ1) is 6.93. The van der Waals surface area contributed by atoms with Gasteiger partial charge in [0.05, 0.1) is 4.87 Å². The molecule has 0 aromatic rings. The van der Waals surface area contributed by atoms with E-state index in [1.54, 1.807) is 11.8 Å². The van der Waals surface area contributed by atoms with Crippen LogP contribution in [0.2, 0.25) is 0 Å². The predicted octanol–water partition coefficient (Wildman–Crippen LogP) is 0.976. The summed E-state index contributed by atoms with van der Waals surface area (Å²) in [6.07, 6.45) is 0.675. The van der Waals surface area contributed by atoms with Gasteiger partial charge in [-0.2, -0.15) is 0 Å². The molecule has 9 heavy (non-hydrogen) atoms. The molecule has 1 amide bonds. The maximum Gasteiger partial charge on any atom is 0.221 e. The van der Waals surface area contributed by atoms with Gasteiger partial charge in [0, 0.05) is 12.2 Å².